The molecule has 0 aliphatic carbocycles. The van der Waals surface area contributed by atoms with E-state index in [0.717, 1.165) is 21.2 Å². The number of carboxylic acids is 1. The Kier molecular flexibility index (Phi) is 6.61. The summed E-state index contributed by atoms with van der Waals surface area (Å²) in [6, 6.07) is 25.1. The molecule has 0 heterocycles. The number of carbonyl (C=O) groups excluding carboxylic acids is 1. The van der Waals surface area contributed by atoms with Crippen LogP contribution in [-0.2, 0) is 16.0 Å². The zero-order valence-corrected chi connectivity index (χ0v) is 16.7. The zero-order valence-electron chi connectivity index (χ0n) is 15.1. The molecule has 0 bridgehead atoms. The first-order chi connectivity index (χ1) is 13.5. The number of carbonyl (C=O) groups is 2. The van der Waals surface area contributed by atoms with Gasteiger partial charge in [0.05, 0.1) is 5.92 Å². The lowest BCUT2D eigenvalue weighted by Gasteiger charge is -2.21. The van der Waals surface area contributed by atoms with Crippen molar-refractivity contribution in [1.29, 1.82) is 0 Å². The van der Waals surface area contributed by atoms with Crippen LogP contribution in [0.5, 0.6) is 0 Å². The van der Waals surface area contributed by atoms with Gasteiger partial charge in [-0.25, -0.2) is 4.79 Å². The standard InChI is InChI=1S/C23H20BrNO3/c24-19-13-11-16(12-14-19)15-20(23(27)28)25-22(26)21(17-7-3-1-4-8-17)18-9-5-2-6-10-18/h1-14,20-21H,15H2,(H,25,26)(H,27,28)/t20-/m1/s1. The smallest absolute Gasteiger partial charge is 0.326 e. The number of carboxylic acid groups (broad SMARTS) is 1. The third-order valence-electron chi connectivity index (χ3n) is 4.50. The second-order valence-corrected chi connectivity index (χ2v) is 7.40. The Bertz CT molecular complexity index is 888. The SMILES string of the molecule is O=C(N[C@H](Cc1ccc(Br)cc1)C(=O)O)C(c1ccccc1)c1ccccc1. The van der Waals surface area contributed by atoms with Crippen LogP contribution in [-0.4, -0.2) is 23.0 Å². The molecular weight excluding hydrogens is 418 g/mol. The summed E-state index contributed by atoms with van der Waals surface area (Å²) in [6.45, 7) is 0. The van der Waals surface area contributed by atoms with E-state index in [4.69, 9.17) is 0 Å². The molecule has 0 aliphatic rings. The average molecular weight is 438 g/mol. The third-order valence-corrected chi connectivity index (χ3v) is 5.02. The van der Waals surface area contributed by atoms with E-state index < -0.39 is 17.9 Å². The van der Waals surface area contributed by atoms with Crippen LogP contribution in [0.1, 0.15) is 22.6 Å². The van der Waals surface area contributed by atoms with Gasteiger partial charge in [-0.05, 0) is 28.8 Å². The highest BCUT2D eigenvalue weighted by atomic mass is 79.9. The number of hydrogen-bond acceptors (Lipinski definition) is 2. The number of amides is 1. The van der Waals surface area contributed by atoms with Crippen molar-refractivity contribution in [2.75, 3.05) is 0 Å². The molecule has 0 unspecified atom stereocenters. The van der Waals surface area contributed by atoms with Crippen molar-refractivity contribution in [1.82, 2.24) is 5.32 Å². The number of rotatable bonds is 7. The summed E-state index contributed by atoms with van der Waals surface area (Å²) in [7, 11) is 0. The zero-order chi connectivity index (χ0) is 19.9. The van der Waals surface area contributed by atoms with E-state index in [1.807, 2.05) is 84.9 Å². The largest absolute Gasteiger partial charge is 0.480 e. The van der Waals surface area contributed by atoms with Crippen molar-refractivity contribution in [3.05, 3.63) is 106 Å². The first kappa shape index (κ1) is 19.8. The Hall–Kier alpha value is -2.92. The minimum Gasteiger partial charge on any atom is -0.480 e. The molecule has 5 heteroatoms. The lowest BCUT2D eigenvalue weighted by atomic mass is 9.90. The quantitative estimate of drug-likeness (QED) is 0.575. The molecule has 0 saturated carbocycles. The summed E-state index contributed by atoms with van der Waals surface area (Å²) in [5, 5.41) is 12.4. The van der Waals surface area contributed by atoms with Crippen molar-refractivity contribution < 1.29 is 14.7 Å². The fraction of sp³-hybridized carbons (Fsp3) is 0.130. The molecule has 3 aromatic rings. The van der Waals surface area contributed by atoms with E-state index in [9.17, 15) is 14.7 Å². The number of benzene rings is 3. The lowest BCUT2D eigenvalue weighted by Crippen LogP contribution is -2.44. The van der Waals surface area contributed by atoms with Crippen LogP contribution < -0.4 is 5.32 Å². The van der Waals surface area contributed by atoms with Gasteiger partial charge in [-0.15, -0.1) is 0 Å². The van der Waals surface area contributed by atoms with Crippen LogP contribution in [0.15, 0.2) is 89.4 Å². The molecule has 3 rings (SSSR count). The minimum absolute atomic E-state index is 0.213. The molecule has 2 N–H and O–H groups in total. The van der Waals surface area contributed by atoms with Crippen molar-refractivity contribution in [2.45, 2.75) is 18.4 Å². The van der Waals surface area contributed by atoms with Gasteiger partial charge in [0.2, 0.25) is 5.91 Å². The van der Waals surface area contributed by atoms with Crippen molar-refractivity contribution in [3.63, 3.8) is 0 Å². The Labute approximate surface area is 172 Å². The fourth-order valence-corrected chi connectivity index (χ4v) is 3.36. The van der Waals surface area contributed by atoms with E-state index in [0.29, 0.717) is 0 Å². The lowest BCUT2D eigenvalue weighted by molar-refractivity contribution is -0.141. The molecule has 0 fully saturated rings. The molecule has 0 radical (unpaired) electrons. The van der Waals surface area contributed by atoms with E-state index in [1.54, 1.807) is 0 Å². The van der Waals surface area contributed by atoms with Crippen molar-refractivity contribution in [3.8, 4) is 0 Å². The monoisotopic (exact) mass is 437 g/mol. The maximum atomic E-state index is 13.1. The van der Waals surface area contributed by atoms with Gasteiger partial charge in [-0.2, -0.15) is 0 Å². The first-order valence-electron chi connectivity index (χ1n) is 8.92. The highest BCUT2D eigenvalue weighted by Crippen LogP contribution is 2.25. The van der Waals surface area contributed by atoms with Gasteiger partial charge in [0.25, 0.3) is 0 Å². The Morgan fingerprint density at radius 1 is 0.821 bits per heavy atom. The molecule has 1 amide bonds. The predicted octanol–water partition coefficient (Wildman–Crippen LogP) is 4.39. The second-order valence-electron chi connectivity index (χ2n) is 6.48. The summed E-state index contributed by atoms with van der Waals surface area (Å²) < 4.78 is 0.917. The van der Waals surface area contributed by atoms with Crippen molar-refractivity contribution in [2.24, 2.45) is 0 Å². The van der Waals surface area contributed by atoms with Crippen LogP contribution in [0, 0.1) is 0 Å². The summed E-state index contributed by atoms with van der Waals surface area (Å²) in [6.07, 6.45) is 0.213. The molecule has 28 heavy (non-hydrogen) atoms. The van der Waals surface area contributed by atoms with E-state index in [2.05, 4.69) is 21.2 Å². The topological polar surface area (TPSA) is 66.4 Å². The molecule has 0 saturated heterocycles. The third kappa shape index (κ3) is 5.08. The van der Waals surface area contributed by atoms with E-state index in [1.165, 1.54) is 0 Å². The molecule has 0 spiro atoms. The number of nitrogens with one attached hydrogen (secondary N) is 1. The van der Waals surface area contributed by atoms with Gasteiger partial charge in [0.1, 0.15) is 6.04 Å². The van der Waals surface area contributed by atoms with Crippen LogP contribution in [0.2, 0.25) is 0 Å². The average Bonchev–Trinajstić information content (AvgIpc) is 2.71. The predicted molar refractivity (Wildman–Crippen MR) is 112 cm³/mol. The van der Waals surface area contributed by atoms with Crippen LogP contribution in [0.4, 0.5) is 0 Å². The van der Waals surface area contributed by atoms with Crippen LogP contribution in [0.25, 0.3) is 0 Å². The van der Waals surface area contributed by atoms with E-state index in [-0.39, 0.29) is 12.3 Å². The molecule has 0 aromatic heterocycles. The van der Waals surface area contributed by atoms with E-state index >= 15 is 0 Å². The first-order valence-corrected chi connectivity index (χ1v) is 9.71. The van der Waals surface area contributed by atoms with Crippen molar-refractivity contribution >= 4 is 27.8 Å². The van der Waals surface area contributed by atoms with Crippen LogP contribution >= 0.6 is 15.9 Å². The molecule has 4 nitrogen and oxygen atoms in total. The summed E-state index contributed by atoms with van der Waals surface area (Å²) in [5.74, 6) is -1.97. The molecule has 3 aromatic carbocycles. The second kappa shape index (κ2) is 9.33. The normalized spacial score (nSPS) is 11.8. The Morgan fingerprint density at radius 2 is 1.32 bits per heavy atom. The van der Waals surface area contributed by atoms with Gasteiger partial charge in [0, 0.05) is 10.9 Å². The highest BCUT2D eigenvalue weighted by molar-refractivity contribution is 9.10. The molecule has 1 atom stereocenters. The highest BCUT2D eigenvalue weighted by Gasteiger charge is 2.27. The minimum atomic E-state index is -1.06. The molecule has 142 valence electrons. The van der Waals surface area contributed by atoms with Crippen LogP contribution in [0.3, 0.4) is 0 Å². The summed E-state index contributed by atoms with van der Waals surface area (Å²) in [4.78, 5) is 24.9. The van der Waals surface area contributed by atoms with Gasteiger partial charge in [0.15, 0.2) is 0 Å². The Morgan fingerprint density at radius 3 is 1.79 bits per heavy atom. The molecule has 0 aliphatic heterocycles. The van der Waals surface area contributed by atoms with Gasteiger partial charge in [-0.3, -0.25) is 4.79 Å². The van der Waals surface area contributed by atoms with Gasteiger partial charge < -0.3 is 10.4 Å². The fourth-order valence-electron chi connectivity index (χ4n) is 3.10. The van der Waals surface area contributed by atoms with Gasteiger partial charge >= 0.3 is 5.97 Å². The molecular formula is C23H20BrNO3. The number of aliphatic carboxylic acids is 1. The maximum absolute atomic E-state index is 13.1. The maximum Gasteiger partial charge on any atom is 0.326 e. The Balaban J connectivity index is 1.85. The number of hydrogen-bond donors (Lipinski definition) is 2. The summed E-state index contributed by atoms with van der Waals surface area (Å²) >= 11 is 3.37. The number of halogens is 1. The van der Waals surface area contributed by atoms with Gasteiger partial charge in [-0.1, -0.05) is 88.7 Å². The summed E-state index contributed by atoms with van der Waals surface area (Å²) in [5.41, 5.74) is 2.48.